The molecule has 2 aliphatic rings. The quantitative estimate of drug-likeness (QED) is 0.735. The molecular formula is C22H25NO2. The summed E-state index contributed by atoms with van der Waals surface area (Å²) in [6, 6.07) is 14.1. The van der Waals surface area contributed by atoms with Gasteiger partial charge in [-0.05, 0) is 55.5 Å². The monoisotopic (exact) mass is 335 g/mol. The second-order valence-electron chi connectivity index (χ2n) is 7.12. The van der Waals surface area contributed by atoms with Crippen LogP contribution in [0.15, 0.2) is 54.6 Å². The molecule has 2 aromatic carbocycles. The molecule has 3 heteroatoms. The minimum atomic E-state index is 0.120. The molecule has 1 heterocycles. The number of phenolic OH excluding ortho intramolecular Hbond substituents is 1. The van der Waals surface area contributed by atoms with Crippen LogP contribution in [0.3, 0.4) is 0 Å². The van der Waals surface area contributed by atoms with Gasteiger partial charge in [-0.25, -0.2) is 0 Å². The molecule has 0 saturated carbocycles. The molecule has 25 heavy (non-hydrogen) atoms. The van der Waals surface area contributed by atoms with Gasteiger partial charge in [0.1, 0.15) is 11.5 Å². The zero-order chi connectivity index (χ0) is 17.4. The van der Waals surface area contributed by atoms with E-state index in [4.69, 9.17) is 4.74 Å². The second kappa shape index (κ2) is 6.47. The van der Waals surface area contributed by atoms with Gasteiger partial charge in [0, 0.05) is 17.2 Å². The Labute approximate surface area is 149 Å². The van der Waals surface area contributed by atoms with Gasteiger partial charge >= 0.3 is 0 Å². The summed E-state index contributed by atoms with van der Waals surface area (Å²) in [5, 5.41) is 14.0. The standard InChI is InChI=1S/C22H25NO2/c1-3-14(2)25-15-11-12-20-19(13-15)16-8-6-9-17(16)22(23-20)18-7-4-5-10-21(18)24/h4-8,10-14,16-17,22-24H,3,9H2,1-2H3. The van der Waals surface area contributed by atoms with E-state index in [0.29, 0.717) is 17.6 Å². The molecule has 2 aromatic rings. The largest absolute Gasteiger partial charge is 0.508 e. The Kier molecular flexibility index (Phi) is 4.16. The van der Waals surface area contributed by atoms with Crippen LogP contribution in [0, 0.1) is 5.92 Å². The van der Waals surface area contributed by atoms with Gasteiger partial charge in [-0.1, -0.05) is 37.3 Å². The molecule has 4 unspecified atom stereocenters. The summed E-state index contributed by atoms with van der Waals surface area (Å²) < 4.78 is 6.02. The predicted octanol–water partition coefficient (Wildman–Crippen LogP) is 5.40. The molecule has 0 aromatic heterocycles. The minimum absolute atomic E-state index is 0.120. The van der Waals surface area contributed by atoms with Crippen LogP contribution in [0.25, 0.3) is 0 Å². The minimum Gasteiger partial charge on any atom is -0.508 e. The third kappa shape index (κ3) is 2.88. The summed E-state index contributed by atoms with van der Waals surface area (Å²) in [5.41, 5.74) is 3.41. The smallest absolute Gasteiger partial charge is 0.120 e. The molecule has 130 valence electrons. The zero-order valence-corrected chi connectivity index (χ0v) is 14.8. The van der Waals surface area contributed by atoms with Gasteiger partial charge in [-0.3, -0.25) is 0 Å². The summed E-state index contributed by atoms with van der Waals surface area (Å²) in [4.78, 5) is 0. The Bertz CT molecular complexity index is 798. The van der Waals surface area contributed by atoms with E-state index in [1.54, 1.807) is 6.07 Å². The van der Waals surface area contributed by atoms with Crippen LogP contribution in [0.5, 0.6) is 11.5 Å². The molecule has 0 spiro atoms. The first-order valence-corrected chi connectivity index (χ1v) is 9.19. The van der Waals surface area contributed by atoms with Crippen molar-refractivity contribution >= 4 is 5.69 Å². The lowest BCUT2D eigenvalue weighted by Crippen LogP contribution is -2.29. The third-order valence-electron chi connectivity index (χ3n) is 5.52. The molecule has 4 atom stereocenters. The van der Waals surface area contributed by atoms with Crippen molar-refractivity contribution in [2.45, 2.75) is 44.8 Å². The maximum Gasteiger partial charge on any atom is 0.120 e. The first-order valence-electron chi connectivity index (χ1n) is 9.19. The zero-order valence-electron chi connectivity index (χ0n) is 14.8. The SMILES string of the molecule is CCC(C)Oc1ccc2c(c1)C1C=CCC1C(c1ccccc1O)N2. The van der Waals surface area contributed by atoms with E-state index < -0.39 is 0 Å². The maximum atomic E-state index is 10.3. The van der Waals surface area contributed by atoms with Gasteiger partial charge in [0.25, 0.3) is 0 Å². The van der Waals surface area contributed by atoms with Gasteiger partial charge in [0.2, 0.25) is 0 Å². The number of anilines is 1. The molecule has 0 bridgehead atoms. The fraction of sp³-hybridized carbons (Fsp3) is 0.364. The highest BCUT2D eigenvalue weighted by Crippen LogP contribution is 2.51. The molecule has 2 N–H and O–H groups in total. The number of para-hydroxylation sites is 1. The van der Waals surface area contributed by atoms with Crippen molar-refractivity contribution in [3.8, 4) is 11.5 Å². The van der Waals surface area contributed by atoms with Crippen molar-refractivity contribution in [3.05, 3.63) is 65.7 Å². The Morgan fingerprint density at radius 3 is 2.84 bits per heavy atom. The van der Waals surface area contributed by atoms with Crippen LogP contribution in [0.2, 0.25) is 0 Å². The third-order valence-corrected chi connectivity index (χ3v) is 5.52. The number of phenols is 1. The number of benzene rings is 2. The summed E-state index contributed by atoms with van der Waals surface area (Å²) >= 11 is 0. The van der Waals surface area contributed by atoms with Crippen LogP contribution in [-0.2, 0) is 0 Å². The number of allylic oxidation sites excluding steroid dienone is 2. The van der Waals surface area contributed by atoms with E-state index in [-0.39, 0.29) is 12.1 Å². The van der Waals surface area contributed by atoms with Gasteiger partial charge in [-0.2, -0.15) is 0 Å². The van der Waals surface area contributed by atoms with Gasteiger partial charge in [0.05, 0.1) is 12.1 Å². The first kappa shape index (κ1) is 16.1. The van der Waals surface area contributed by atoms with Gasteiger partial charge in [0.15, 0.2) is 0 Å². The van der Waals surface area contributed by atoms with Crippen molar-refractivity contribution in [2.24, 2.45) is 5.92 Å². The van der Waals surface area contributed by atoms with Crippen LogP contribution in [-0.4, -0.2) is 11.2 Å². The number of hydrogen-bond donors (Lipinski definition) is 2. The Morgan fingerprint density at radius 2 is 2.04 bits per heavy atom. The number of ether oxygens (including phenoxy) is 1. The summed E-state index contributed by atoms with van der Waals surface area (Å²) in [5.74, 6) is 2.08. The molecule has 0 saturated heterocycles. The van der Waals surface area contributed by atoms with Crippen molar-refractivity contribution in [2.75, 3.05) is 5.32 Å². The summed E-state index contributed by atoms with van der Waals surface area (Å²) in [6.45, 7) is 4.24. The number of rotatable bonds is 4. The van der Waals surface area contributed by atoms with Crippen LogP contribution >= 0.6 is 0 Å². The fourth-order valence-electron chi connectivity index (χ4n) is 4.02. The van der Waals surface area contributed by atoms with Crippen molar-refractivity contribution in [1.29, 1.82) is 0 Å². The summed E-state index contributed by atoms with van der Waals surface area (Å²) in [6.07, 6.45) is 6.81. The first-order chi connectivity index (χ1) is 12.2. The molecule has 0 radical (unpaired) electrons. The highest BCUT2D eigenvalue weighted by atomic mass is 16.5. The molecule has 0 fully saturated rings. The predicted molar refractivity (Wildman–Crippen MR) is 101 cm³/mol. The topological polar surface area (TPSA) is 41.5 Å². The van der Waals surface area contributed by atoms with E-state index in [1.807, 2.05) is 24.3 Å². The van der Waals surface area contributed by atoms with Gasteiger partial charge < -0.3 is 15.2 Å². The van der Waals surface area contributed by atoms with E-state index in [9.17, 15) is 5.11 Å². The number of hydrogen-bond acceptors (Lipinski definition) is 3. The second-order valence-corrected chi connectivity index (χ2v) is 7.12. The summed E-state index contributed by atoms with van der Waals surface area (Å²) in [7, 11) is 0. The number of aromatic hydroxyl groups is 1. The Balaban J connectivity index is 1.70. The lowest BCUT2D eigenvalue weighted by molar-refractivity contribution is 0.217. The normalized spacial score (nSPS) is 25.0. The average molecular weight is 335 g/mol. The van der Waals surface area contributed by atoms with Crippen molar-refractivity contribution in [3.63, 3.8) is 0 Å². The van der Waals surface area contributed by atoms with Crippen LogP contribution < -0.4 is 10.1 Å². The average Bonchev–Trinajstić information content (AvgIpc) is 3.12. The van der Waals surface area contributed by atoms with Crippen molar-refractivity contribution < 1.29 is 9.84 Å². The molecule has 1 aliphatic heterocycles. The van der Waals surface area contributed by atoms with Crippen LogP contribution in [0.1, 0.15) is 49.8 Å². The van der Waals surface area contributed by atoms with E-state index in [0.717, 1.165) is 29.8 Å². The molecule has 0 amide bonds. The highest BCUT2D eigenvalue weighted by molar-refractivity contribution is 5.62. The van der Waals surface area contributed by atoms with Crippen molar-refractivity contribution in [1.82, 2.24) is 0 Å². The number of fused-ring (bicyclic) bond motifs is 3. The van der Waals surface area contributed by atoms with E-state index in [1.165, 1.54) is 5.56 Å². The van der Waals surface area contributed by atoms with E-state index >= 15 is 0 Å². The van der Waals surface area contributed by atoms with E-state index in [2.05, 4.69) is 43.4 Å². The van der Waals surface area contributed by atoms with Gasteiger partial charge in [-0.15, -0.1) is 0 Å². The molecule has 1 aliphatic carbocycles. The molecule has 4 rings (SSSR count). The Morgan fingerprint density at radius 1 is 1.20 bits per heavy atom. The van der Waals surface area contributed by atoms with Crippen LogP contribution in [0.4, 0.5) is 5.69 Å². The number of nitrogens with one attached hydrogen (secondary N) is 1. The Hall–Kier alpha value is -2.42. The lowest BCUT2D eigenvalue weighted by Gasteiger charge is -2.38. The molecule has 3 nitrogen and oxygen atoms in total. The lowest BCUT2D eigenvalue weighted by atomic mass is 9.77. The highest BCUT2D eigenvalue weighted by Gasteiger charge is 2.38. The maximum absolute atomic E-state index is 10.3. The molecular weight excluding hydrogens is 310 g/mol. The fourth-order valence-corrected chi connectivity index (χ4v) is 4.02.